The van der Waals surface area contributed by atoms with E-state index in [9.17, 15) is 0 Å². The van der Waals surface area contributed by atoms with Crippen LogP contribution in [0.3, 0.4) is 0 Å². The monoisotopic (exact) mass is 231 g/mol. The molecule has 1 aromatic carbocycles. The summed E-state index contributed by atoms with van der Waals surface area (Å²) in [6, 6.07) is 11.1. The fourth-order valence-electron chi connectivity index (χ4n) is 2.12. The predicted molar refractivity (Wildman–Crippen MR) is 76.4 cm³/mol. The minimum Gasteiger partial charge on any atom is -0.310 e. The molecule has 94 valence electrons. The van der Waals surface area contributed by atoms with Crippen LogP contribution in [0.2, 0.25) is 0 Å². The topological polar surface area (TPSA) is 12.0 Å². The Morgan fingerprint density at radius 2 is 1.82 bits per heavy atom. The molecule has 0 aliphatic rings. The zero-order valence-corrected chi connectivity index (χ0v) is 11.7. The van der Waals surface area contributed by atoms with E-state index in [0.29, 0.717) is 6.04 Å². The summed E-state index contributed by atoms with van der Waals surface area (Å²) in [5, 5.41) is 3.58. The largest absolute Gasteiger partial charge is 0.310 e. The molecule has 1 heteroatoms. The van der Waals surface area contributed by atoms with Gasteiger partial charge >= 0.3 is 0 Å². The van der Waals surface area contributed by atoms with Gasteiger partial charge in [-0.1, -0.05) is 62.8 Å². The molecule has 0 saturated heterocycles. The summed E-state index contributed by atoms with van der Waals surface area (Å²) < 4.78 is 0. The first-order valence-electron chi connectivity index (χ1n) is 6.42. The van der Waals surface area contributed by atoms with Gasteiger partial charge in [0.2, 0.25) is 0 Å². The van der Waals surface area contributed by atoms with Crippen LogP contribution in [0.15, 0.2) is 42.0 Å². The van der Waals surface area contributed by atoms with Gasteiger partial charge in [-0.25, -0.2) is 0 Å². The molecule has 0 spiro atoms. The predicted octanol–water partition coefficient (Wildman–Crippen LogP) is 3.91. The van der Waals surface area contributed by atoms with Gasteiger partial charge in [-0.15, -0.1) is 0 Å². The van der Waals surface area contributed by atoms with Crippen molar-refractivity contribution in [2.75, 3.05) is 6.54 Å². The number of allylic oxidation sites excluding steroid dienone is 1. The zero-order valence-electron chi connectivity index (χ0n) is 11.7. The van der Waals surface area contributed by atoms with Crippen LogP contribution in [0, 0.1) is 0 Å². The maximum atomic E-state index is 3.58. The van der Waals surface area contributed by atoms with Gasteiger partial charge in [0.25, 0.3) is 0 Å². The second-order valence-electron chi connectivity index (χ2n) is 5.37. The molecule has 1 rings (SSSR count). The highest BCUT2D eigenvalue weighted by atomic mass is 14.9. The molecule has 0 fully saturated rings. The molecule has 0 saturated carbocycles. The SMILES string of the molecule is CCNC(C=C(C)C)C(C)(C)c1ccccc1. The first-order valence-corrected chi connectivity index (χ1v) is 6.42. The Hall–Kier alpha value is -1.08. The molecule has 1 N–H and O–H groups in total. The van der Waals surface area contributed by atoms with Gasteiger partial charge in [-0.05, 0) is 26.0 Å². The highest BCUT2D eigenvalue weighted by Gasteiger charge is 2.28. The molecule has 0 aliphatic heterocycles. The van der Waals surface area contributed by atoms with Crippen molar-refractivity contribution in [2.24, 2.45) is 0 Å². The van der Waals surface area contributed by atoms with Gasteiger partial charge in [-0.3, -0.25) is 0 Å². The van der Waals surface area contributed by atoms with Crippen LogP contribution in [-0.4, -0.2) is 12.6 Å². The Balaban J connectivity index is 3.04. The number of hydrogen-bond donors (Lipinski definition) is 1. The lowest BCUT2D eigenvalue weighted by atomic mass is 9.77. The highest BCUT2D eigenvalue weighted by molar-refractivity contribution is 5.28. The van der Waals surface area contributed by atoms with Crippen molar-refractivity contribution >= 4 is 0 Å². The lowest BCUT2D eigenvalue weighted by Crippen LogP contribution is -2.43. The van der Waals surface area contributed by atoms with Crippen LogP contribution < -0.4 is 5.32 Å². The normalized spacial score (nSPS) is 13.2. The highest BCUT2D eigenvalue weighted by Crippen LogP contribution is 2.28. The van der Waals surface area contributed by atoms with Gasteiger partial charge in [0, 0.05) is 11.5 Å². The zero-order chi connectivity index (χ0) is 12.9. The molecule has 0 radical (unpaired) electrons. The van der Waals surface area contributed by atoms with Gasteiger partial charge in [0.05, 0.1) is 0 Å². The van der Waals surface area contributed by atoms with E-state index in [1.165, 1.54) is 11.1 Å². The van der Waals surface area contributed by atoms with Crippen LogP contribution in [0.4, 0.5) is 0 Å². The second kappa shape index (κ2) is 6.02. The first-order chi connectivity index (χ1) is 7.98. The average Bonchev–Trinajstić information content (AvgIpc) is 2.29. The standard InChI is InChI=1S/C16H25N/c1-6-17-15(12-13(2)3)16(4,5)14-10-8-7-9-11-14/h7-12,15,17H,6H2,1-5H3. The first kappa shape index (κ1) is 14.0. The summed E-state index contributed by atoms with van der Waals surface area (Å²) in [5.74, 6) is 0. The summed E-state index contributed by atoms with van der Waals surface area (Å²) in [7, 11) is 0. The molecule has 0 bridgehead atoms. The third-order valence-electron chi connectivity index (χ3n) is 3.22. The Morgan fingerprint density at radius 1 is 1.24 bits per heavy atom. The fourth-order valence-corrected chi connectivity index (χ4v) is 2.12. The molecule has 1 atom stereocenters. The average molecular weight is 231 g/mol. The van der Waals surface area contributed by atoms with E-state index < -0.39 is 0 Å². The molecule has 17 heavy (non-hydrogen) atoms. The minimum atomic E-state index is 0.106. The van der Waals surface area contributed by atoms with Gasteiger partial charge in [0.15, 0.2) is 0 Å². The van der Waals surface area contributed by atoms with Crippen molar-refractivity contribution in [1.29, 1.82) is 0 Å². The van der Waals surface area contributed by atoms with E-state index in [4.69, 9.17) is 0 Å². The van der Waals surface area contributed by atoms with Gasteiger partial charge in [0.1, 0.15) is 0 Å². The lowest BCUT2D eigenvalue weighted by molar-refractivity contribution is 0.399. The van der Waals surface area contributed by atoms with Gasteiger partial charge < -0.3 is 5.32 Å². The molecule has 1 nitrogen and oxygen atoms in total. The Kier molecular flexibility index (Phi) is 4.95. The van der Waals surface area contributed by atoms with Crippen molar-refractivity contribution in [3.8, 4) is 0 Å². The van der Waals surface area contributed by atoms with E-state index in [2.05, 4.69) is 76.3 Å². The Bertz CT molecular complexity index is 358. The Labute approximate surface area is 106 Å². The number of rotatable bonds is 5. The van der Waals surface area contributed by atoms with Crippen LogP contribution in [0.5, 0.6) is 0 Å². The van der Waals surface area contributed by atoms with Crippen molar-refractivity contribution in [2.45, 2.75) is 46.1 Å². The summed E-state index contributed by atoms with van der Waals surface area (Å²) in [6.45, 7) is 12.1. The number of benzene rings is 1. The summed E-state index contributed by atoms with van der Waals surface area (Å²) in [4.78, 5) is 0. The molecule has 0 heterocycles. The molecular weight excluding hydrogens is 206 g/mol. The number of hydrogen-bond acceptors (Lipinski definition) is 1. The van der Waals surface area contributed by atoms with Crippen LogP contribution >= 0.6 is 0 Å². The molecular formula is C16H25N. The van der Waals surface area contributed by atoms with E-state index in [0.717, 1.165) is 6.54 Å². The summed E-state index contributed by atoms with van der Waals surface area (Å²) in [5.41, 5.74) is 2.84. The van der Waals surface area contributed by atoms with Crippen LogP contribution in [0.25, 0.3) is 0 Å². The fraction of sp³-hybridized carbons (Fsp3) is 0.500. The van der Waals surface area contributed by atoms with Crippen LogP contribution in [-0.2, 0) is 5.41 Å². The molecule has 0 amide bonds. The van der Waals surface area contributed by atoms with Crippen molar-refractivity contribution in [3.05, 3.63) is 47.5 Å². The number of nitrogens with one attached hydrogen (secondary N) is 1. The van der Waals surface area contributed by atoms with Crippen molar-refractivity contribution in [1.82, 2.24) is 5.32 Å². The van der Waals surface area contributed by atoms with Gasteiger partial charge in [-0.2, -0.15) is 0 Å². The van der Waals surface area contributed by atoms with E-state index >= 15 is 0 Å². The quantitative estimate of drug-likeness (QED) is 0.758. The summed E-state index contributed by atoms with van der Waals surface area (Å²) >= 11 is 0. The van der Waals surface area contributed by atoms with E-state index in [-0.39, 0.29) is 5.41 Å². The number of likely N-dealkylation sites (N-methyl/N-ethyl adjacent to an activating group) is 1. The maximum Gasteiger partial charge on any atom is 0.0344 e. The minimum absolute atomic E-state index is 0.106. The maximum absolute atomic E-state index is 3.58. The molecule has 0 aromatic heterocycles. The third-order valence-corrected chi connectivity index (χ3v) is 3.22. The lowest BCUT2D eigenvalue weighted by Gasteiger charge is -2.34. The molecule has 1 aromatic rings. The Morgan fingerprint density at radius 3 is 2.29 bits per heavy atom. The van der Waals surface area contributed by atoms with Crippen molar-refractivity contribution in [3.63, 3.8) is 0 Å². The van der Waals surface area contributed by atoms with Crippen molar-refractivity contribution < 1.29 is 0 Å². The molecule has 1 unspecified atom stereocenters. The van der Waals surface area contributed by atoms with Crippen LogP contribution in [0.1, 0.15) is 40.2 Å². The smallest absolute Gasteiger partial charge is 0.0344 e. The van der Waals surface area contributed by atoms with E-state index in [1.807, 2.05) is 0 Å². The second-order valence-corrected chi connectivity index (χ2v) is 5.37. The van der Waals surface area contributed by atoms with E-state index in [1.54, 1.807) is 0 Å². The summed E-state index contributed by atoms with van der Waals surface area (Å²) in [6.07, 6.45) is 2.33. The third kappa shape index (κ3) is 3.71. The molecule has 0 aliphatic carbocycles.